The Morgan fingerprint density at radius 2 is 1.57 bits per heavy atom. The van der Waals surface area contributed by atoms with Gasteiger partial charge in [0.05, 0.1) is 27.2 Å². The lowest BCUT2D eigenvalue weighted by Gasteiger charge is -2.34. The van der Waals surface area contributed by atoms with Gasteiger partial charge < -0.3 is 15.0 Å². The van der Waals surface area contributed by atoms with Gasteiger partial charge in [0.2, 0.25) is 11.8 Å². The van der Waals surface area contributed by atoms with Gasteiger partial charge in [-0.3, -0.25) is 13.9 Å². The minimum atomic E-state index is -4.37. The molecule has 1 saturated carbocycles. The molecule has 0 heterocycles. The Bertz CT molecular complexity index is 1840. The van der Waals surface area contributed by atoms with Crippen LogP contribution in [0.3, 0.4) is 0 Å². The van der Waals surface area contributed by atoms with Crippen molar-refractivity contribution in [2.75, 3.05) is 17.5 Å². The van der Waals surface area contributed by atoms with Crippen LogP contribution >= 0.6 is 23.2 Å². The molecule has 4 aromatic carbocycles. The number of nitrogens with one attached hydrogen (secondary N) is 1. The van der Waals surface area contributed by atoms with E-state index in [9.17, 15) is 22.4 Å². The summed E-state index contributed by atoms with van der Waals surface area (Å²) in [5, 5.41) is 3.74. The number of rotatable bonds is 14. The number of carbonyl (C=O) groups is 2. The van der Waals surface area contributed by atoms with Crippen molar-refractivity contribution in [2.24, 2.45) is 0 Å². The summed E-state index contributed by atoms with van der Waals surface area (Å²) < 4.78 is 48.9. The Morgan fingerprint density at radius 3 is 2.20 bits per heavy atom. The SMILES string of the molecule is CCOc1ccc(S(=O)(=O)N(CC(=O)N(Cc2ccc(Cl)c(Cl)c2)[C@@H](Cc2ccccc2)C(=O)NC2CCCC2)c2ccc(F)cc2)cc1. The molecule has 0 unspecified atom stereocenters. The predicted molar refractivity (Wildman–Crippen MR) is 190 cm³/mol. The molecule has 2 amide bonds. The standard InChI is InChI=1S/C37H38Cl2FN3O5S/c1-2-48-31-17-19-32(20-18-31)49(46,47)43(30-15-13-28(40)14-16-30)25-36(44)42(24-27-12-21-33(38)34(39)22-27)35(23-26-8-4-3-5-9-26)37(45)41-29-10-6-7-11-29/h3-5,8-9,12-22,29,35H,2,6-7,10-11,23-25H2,1H3,(H,41,45)/t35-/m0/s1. The third-order valence-electron chi connectivity index (χ3n) is 8.43. The van der Waals surface area contributed by atoms with Gasteiger partial charge in [-0.1, -0.05) is 72.4 Å². The van der Waals surface area contributed by atoms with Crippen molar-refractivity contribution in [1.29, 1.82) is 0 Å². The number of benzene rings is 4. The largest absolute Gasteiger partial charge is 0.494 e. The molecule has 4 aromatic rings. The maximum atomic E-state index is 14.6. The lowest BCUT2D eigenvalue weighted by atomic mass is 10.0. The van der Waals surface area contributed by atoms with Crippen LogP contribution < -0.4 is 14.4 Å². The second kappa shape index (κ2) is 16.5. The highest BCUT2D eigenvalue weighted by molar-refractivity contribution is 7.92. The molecule has 0 aromatic heterocycles. The summed E-state index contributed by atoms with van der Waals surface area (Å²) in [6, 6.07) is 23.9. The first-order valence-corrected chi connectivity index (χ1v) is 18.3. The van der Waals surface area contributed by atoms with Gasteiger partial charge in [-0.2, -0.15) is 0 Å². The quantitative estimate of drug-likeness (QED) is 0.146. The minimum Gasteiger partial charge on any atom is -0.494 e. The number of halogens is 3. The highest BCUT2D eigenvalue weighted by Crippen LogP contribution is 2.28. The Labute approximate surface area is 296 Å². The zero-order valence-electron chi connectivity index (χ0n) is 27.0. The van der Waals surface area contributed by atoms with Gasteiger partial charge in [0.1, 0.15) is 24.2 Å². The number of carbonyl (C=O) groups excluding carboxylic acids is 2. The third kappa shape index (κ3) is 9.32. The number of hydrogen-bond donors (Lipinski definition) is 1. The molecule has 5 rings (SSSR count). The number of nitrogens with zero attached hydrogens (tertiary/aromatic N) is 2. The normalized spacial score (nSPS) is 13.9. The Kier molecular flexibility index (Phi) is 12.2. The Balaban J connectivity index is 1.56. The van der Waals surface area contributed by atoms with Crippen LogP contribution in [0.25, 0.3) is 0 Å². The number of hydrogen-bond acceptors (Lipinski definition) is 5. The molecule has 1 N–H and O–H groups in total. The fourth-order valence-corrected chi connectivity index (χ4v) is 7.63. The summed E-state index contributed by atoms with van der Waals surface area (Å²) in [4.78, 5) is 30.0. The maximum absolute atomic E-state index is 14.6. The fourth-order valence-electron chi connectivity index (χ4n) is 5.89. The lowest BCUT2D eigenvalue weighted by molar-refractivity contribution is -0.140. The topological polar surface area (TPSA) is 96.0 Å². The summed E-state index contributed by atoms with van der Waals surface area (Å²) in [6.45, 7) is 1.47. The monoisotopic (exact) mass is 725 g/mol. The fraction of sp³-hybridized carbons (Fsp3) is 0.297. The van der Waals surface area contributed by atoms with Crippen molar-refractivity contribution in [1.82, 2.24) is 10.2 Å². The molecule has 1 atom stereocenters. The molecule has 1 aliphatic carbocycles. The van der Waals surface area contributed by atoms with E-state index in [0.29, 0.717) is 22.9 Å². The van der Waals surface area contributed by atoms with Crippen LogP contribution in [0.15, 0.2) is 102 Å². The van der Waals surface area contributed by atoms with Gasteiger partial charge >= 0.3 is 0 Å². The first kappa shape index (κ1) is 36.2. The zero-order valence-corrected chi connectivity index (χ0v) is 29.4. The van der Waals surface area contributed by atoms with E-state index in [2.05, 4.69) is 5.32 Å². The molecule has 1 fully saturated rings. The summed E-state index contributed by atoms with van der Waals surface area (Å²) in [5.41, 5.74) is 1.49. The van der Waals surface area contributed by atoms with Crippen LogP contribution in [-0.4, -0.2) is 50.4 Å². The smallest absolute Gasteiger partial charge is 0.264 e. The van der Waals surface area contributed by atoms with Gasteiger partial charge in [-0.25, -0.2) is 12.8 Å². The highest BCUT2D eigenvalue weighted by atomic mass is 35.5. The number of sulfonamides is 1. The van der Waals surface area contributed by atoms with Crippen molar-refractivity contribution >= 4 is 50.7 Å². The molecule has 12 heteroatoms. The van der Waals surface area contributed by atoms with Crippen LogP contribution in [0.1, 0.15) is 43.7 Å². The molecule has 0 aliphatic heterocycles. The summed E-state index contributed by atoms with van der Waals surface area (Å²) >= 11 is 12.6. The highest BCUT2D eigenvalue weighted by Gasteiger charge is 2.35. The van der Waals surface area contributed by atoms with Crippen LogP contribution in [-0.2, 0) is 32.6 Å². The van der Waals surface area contributed by atoms with Gasteiger partial charge in [-0.05, 0) is 91.6 Å². The second-order valence-corrected chi connectivity index (χ2v) is 14.5. The summed E-state index contributed by atoms with van der Waals surface area (Å²) in [5.74, 6) is -1.07. The summed E-state index contributed by atoms with van der Waals surface area (Å²) in [7, 11) is -4.37. The van der Waals surface area contributed by atoms with E-state index in [-0.39, 0.29) is 40.5 Å². The molecule has 258 valence electrons. The number of amides is 2. The number of ether oxygens (including phenoxy) is 1. The average molecular weight is 727 g/mol. The van der Waals surface area contributed by atoms with Crippen molar-refractivity contribution in [3.63, 3.8) is 0 Å². The Morgan fingerprint density at radius 1 is 0.898 bits per heavy atom. The zero-order chi connectivity index (χ0) is 35.0. The van der Waals surface area contributed by atoms with Crippen LogP contribution in [0.5, 0.6) is 5.75 Å². The van der Waals surface area contributed by atoms with E-state index < -0.39 is 34.3 Å². The van der Waals surface area contributed by atoms with Gasteiger partial charge in [-0.15, -0.1) is 0 Å². The molecule has 8 nitrogen and oxygen atoms in total. The molecule has 49 heavy (non-hydrogen) atoms. The van der Waals surface area contributed by atoms with E-state index in [1.54, 1.807) is 18.2 Å². The van der Waals surface area contributed by atoms with Crippen molar-refractivity contribution < 1.29 is 27.1 Å². The second-order valence-electron chi connectivity index (χ2n) is 11.9. The average Bonchev–Trinajstić information content (AvgIpc) is 3.61. The Hall–Kier alpha value is -4.12. The van der Waals surface area contributed by atoms with Gasteiger partial charge in [0.25, 0.3) is 10.0 Å². The van der Waals surface area contributed by atoms with Crippen LogP contribution in [0.2, 0.25) is 10.0 Å². The van der Waals surface area contributed by atoms with E-state index in [4.69, 9.17) is 27.9 Å². The molecular formula is C37H38Cl2FN3O5S. The molecule has 0 bridgehead atoms. The lowest BCUT2D eigenvalue weighted by Crippen LogP contribution is -2.54. The summed E-state index contributed by atoms with van der Waals surface area (Å²) in [6.07, 6.45) is 3.84. The van der Waals surface area contributed by atoms with Gasteiger partial charge in [0.15, 0.2) is 0 Å². The first-order valence-electron chi connectivity index (χ1n) is 16.1. The predicted octanol–water partition coefficient (Wildman–Crippen LogP) is 7.43. The van der Waals surface area contributed by atoms with E-state index in [0.717, 1.165) is 47.7 Å². The van der Waals surface area contributed by atoms with Crippen molar-refractivity contribution in [2.45, 2.75) is 62.6 Å². The van der Waals surface area contributed by atoms with Gasteiger partial charge in [0, 0.05) is 19.0 Å². The number of anilines is 1. The molecular weight excluding hydrogens is 688 g/mol. The van der Waals surface area contributed by atoms with Crippen molar-refractivity contribution in [3.8, 4) is 5.75 Å². The molecule has 0 saturated heterocycles. The first-order chi connectivity index (χ1) is 23.5. The van der Waals surface area contributed by atoms with E-state index in [1.807, 2.05) is 37.3 Å². The maximum Gasteiger partial charge on any atom is 0.264 e. The molecule has 0 spiro atoms. The third-order valence-corrected chi connectivity index (χ3v) is 11.0. The van der Waals surface area contributed by atoms with E-state index in [1.165, 1.54) is 41.3 Å². The minimum absolute atomic E-state index is 0.0246. The van der Waals surface area contributed by atoms with Crippen molar-refractivity contribution in [3.05, 3.63) is 124 Å². The molecule has 1 aliphatic rings. The van der Waals surface area contributed by atoms with Crippen LogP contribution in [0, 0.1) is 5.82 Å². The van der Waals surface area contributed by atoms with Crippen LogP contribution in [0.4, 0.5) is 10.1 Å². The van der Waals surface area contributed by atoms with E-state index >= 15 is 0 Å². The molecule has 0 radical (unpaired) electrons.